The van der Waals surface area contributed by atoms with Gasteiger partial charge in [-0.1, -0.05) is 0 Å². The third-order valence-corrected chi connectivity index (χ3v) is 4.16. The summed E-state index contributed by atoms with van der Waals surface area (Å²) < 4.78 is 66.1. The molecular weight excluding hydrogens is 401 g/mol. The number of hydrogen-bond donors (Lipinski definition) is 2. The van der Waals surface area contributed by atoms with Crippen LogP contribution in [0.1, 0.15) is 29.9 Å². The molecule has 0 unspecified atom stereocenters. The van der Waals surface area contributed by atoms with Crippen LogP contribution in [0.15, 0.2) is 24.5 Å². The fourth-order valence-corrected chi connectivity index (χ4v) is 2.87. The molecule has 1 atom stereocenters. The molecule has 0 bridgehead atoms. The quantitative estimate of drug-likeness (QED) is 0.752. The van der Waals surface area contributed by atoms with Gasteiger partial charge in [-0.05, 0) is 13.0 Å². The Hall–Kier alpha value is -3.31. The minimum Gasteiger partial charge on any atom is -0.346 e. The molecule has 0 saturated heterocycles. The Balaban J connectivity index is 1.72. The van der Waals surface area contributed by atoms with Crippen molar-refractivity contribution >= 4 is 17.6 Å². The second-order valence-electron chi connectivity index (χ2n) is 6.28. The standard InChI is InChI=1S/C17H14F5N5O2/c1-8(14-11(19)4-9(18)5-24-14)25-13(28)7-27-6-10-12(26-16(27)29)2-3-23-15(10)17(20,21)22/h2-5,8H,6-7H2,1H3,(H,25,28)(H,26,29)/t8-/m1/s1. The summed E-state index contributed by atoms with van der Waals surface area (Å²) in [6.45, 7) is 0.303. The Labute approximate surface area is 160 Å². The van der Waals surface area contributed by atoms with Crippen LogP contribution in [-0.2, 0) is 17.5 Å². The van der Waals surface area contributed by atoms with Gasteiger partial charge in [0.15, 0.2) is 5.69 Å². The highest BCUT2D eigenvalue weighted by Gasteiger charge is 2.39. The zero-order chi connectivity index (χ0) is 21.3. The van der Waals surface area contributed by atoms with Crippen molar-refractivity contribution in [3.05, 3.63) is 53.1 Å². The number of urea groups is 1. The van der Waals surface area contributed by atoms with E-state index in [4.69, 9.17) is 0 Å². The van der Waals surface area contributed by atoms with E-state index in [1.165, 1.54) is 13.0 Å². The molecule has 2 N–H and O–H groups in total. The van der Waals surface area contributed by atoms with E-state index < -0.39 is 54.6 Å². The molecule has 12 heteroatoms. The van der Waals surface area contributed by atoms with Gasteiger partial charge in [0.2, 0.25) is 5.91 Å². The van der Waals surface area contributed by atoms with Crippen LogP contribution in [0.5, 0.6) is 0 Å². The Morgan fingerprint density at radius 2 is 2.07 bits per heavy atom. The molecule has 2 aromatic heterocycles. The van der Waals surface area contributed by atoms with Gasteiger partial charge < -0.3 is 15.5 Å². The van der Waals surface area contributed by atoms with Crippen molar-refractivity contribution < 1.29 is 31.5 Å². The molecule has 1 aliphatic rings. The molecule has 154 valence electrons. The van der Waals surface area contributed by atoms with Gasteiger partial charge in [0.05, 0.1) is 30.2 Å². The molecule has 0 radical (unpaired) electrons. The number of halogens is 5. The van der Waals surface area contributed by atoms with Gasteiger partial charge in [-0.3, -0.25) is 14.8 Å². The highest BCUT2D eigenvalue weighted by Crippen LogP contribution is 2.35. The lowest BCUT2D eigenvalue weighted by atomic mass is 10.1. The Morgan fingerprint density at radius 3 is 2.72 bits per heavy atom. The van der Waals surface area contributed by atoms with E-state index in [-0.39, 0.29) is 16.9 Å². The summed E-state index contributed by atoms with van der Waals surface area (Å²) >= 11 is 0. The predicted molar refractivity (Wildman–Crippen MR) is 89.4 cm³/mol. The van der Waals surface area contributed by atoms with Crippen LogP contribution in [0.25, 0.3) is 0 Å². The summed E-state index contributed by atoms with van der Waals surface area (Å²) in [5, 5.41) is 4.65. The van der Waals surface area contributed by atoms with E-state index in [1.54, 1.807) is 0 Å². The second kappa shape index (κ2) is 7.60. The van der Waals surface area contributed by atoms with Gasteiger partial charge in [-0.25, -0.2) is 13.6 Å². The maximum absolute atomic E-state index is 13.8. The van der Waals surface area contributed by atoms with Crippen molar-refractivity contribution in [1.82, 2.24) is 20.2 Å². The van der Waals surface area contributed by atoms with Crippen LogP contribution in [0, 0.1) is 11.6 Å². The number of carbonyl (C=O) groups excluding carboxylic acids is 2. The summed E-state index contributed by atoms with van der Waals surface area (Å²) in [5.74, 6) is -2.62. The summed E-state index contributed by atoms with van der Waals surface area (Å²) in [6, 6.07) is 0.0951. The molecule has 2 aromatic rings. The first-order valence-electron chi connectivity index (χ1n) is 8.27. The summed E-state index contributed by atoms with van der Waals surface area (Å²) in [5.41, 5.74) is -1.70. The first kappa shape index (κ1) is 20.4. The topological polar surface area (TPSA) is 87.2 Å². The number of nitrogens with one attached hydrogen (secondary N) is 2. The monoisotopic (exact) mass is 415 g/mol. The van der Waals surface area contributed by atoms with Gasteiger partial charge in [0, 0.05) is 17.8 Å². The maximum atomic E-state index is 13.8. The SMILES string of the molecule is C[C@@H](NC(=O)CN1Cc2c(ccnc2C(F)(F)F)NC1=O)c1ncc(F)cc1F. The third-order valence-electron chi connectivity index (χ3n) is 4.16. The molecule has 0 aliphatic carbocycles. The molecule has 3 rings (SSSR count). The third kappa shape index (κ3) is 4.41. The molecule has 3 amide bonds. The molecule has 29 heavy (non-hydrogen) atoms. The van der Waals surface area contributed by atoms with Gasteiger partial charge in [-0.15, -0.1) is 0 Å². The van der Waals surface area contributed by atoms with E-state index in [0.29, 0.717) is 6.07 Å². The number of aromatic nitrogens is 2. The average Bonchev–Trinajstić information content (AvgIpc) is 2.60. The number of amides is 3. The lowest BCUT2D eigenvalue weighted by Crippen LogP contribution is -2.45. The van der Waals surface area contributed by atoms with Crippen LogP contribution in [0.4, 0.5) is 32.4 Å². The van der Waals surface area contributed by atoms with Crippen molar-refractivity contribution in [2.24, 2.45) is 0 Å². The van der Waals surface area contributed by atoms with E-state index in [0.717, 1.165) is 17.3 Å². The minimum atomic E-state index is -4.73. The molecule has 0 aromatic carbocycles. The predicted octanol–water partition coefficient (Wildman–Crippen LogP) is 3.00. The molecule has 0 spiro atoms. The maximum Gasteiger partial charge on any atom is 0.433 e. The van der Waals surface area contributed by atoms with E-state index >= 15 is 0 Å². The molecule has 0 fully saturated rings. The number of alkyl halides is 3. The number of nitrogens with zero attached hydrogens (tertiary/aromatic N) is 3. The number of carbonyl (C=O) groups is 2. The molecule has 7 nitrogen and oxygen atoms in total. The smallest absolute Gasteiger partial charge is 0.346 e. The Kier molecular flexibility index (Phi) is 5.36. The largest absolute Gasteiger partial charge is 0.433 e. The highest BCUT2D eigenvalue weighted by atomic mass is 19.4. The minimum absolute atomic E-state index is 0.0417. The number of hydrogen-bond acceptors (Lipinski definition) is 4. The molecule has 3 heterocycles. The average molecular weight is 415 g/mol. The van der Waals surface area contributed by atoms with Crippen LogP contribution in [0.3, 0.4) is 0 Å². The van der Waals surface area contributed by atoms with Gasteiger partial charge >= 0.3 is 12.2 Å². The number of rotatable bonds is 4. The van der Waals surface area contributed by atoms with E-state index in [9.17, 15) is 31.5 Å². The summed E-state index contributed by atoms with van der Waals surface area (Å²) in [7, 11) is 0. The normalized spacial score (nSPS) is 14.8. The Bertz CT molecular complexity index is 966. The van der Waals surface area contributed by atoms with Crippen molar-refractivity contribution in [3.8, 4) is 0 Å². The number of fused-ring (bicyclic) bond motifs is 1. The molecule has 1 aliphatic heterocycles. The van der Waals surface area contributed by atoms with Crippen LogP contribution >= 0.6 is 0 Å². The van der Waals surface area contributed by atoms with Crippen molar-refractivity contribution in [3.63, 3.8) is 0 Å². The molecular formula is C17H14F5N5O2. The lowest BCUT2D eigenvalue weighted by molar-refractivity contribution is -0.142. The van der Waals surface area contributed by atoms with Crippen molar-refractivity contribution in [2.75, 3.05) is 11.9 Å². The zero-order valence-corrected chi connectivity index (χ0v) is 14.8. The van der Waals surface area contributed by atoms with Gasteiger partial charge in [-0.2, -0.15) is 13.2 Å². The van der Waals surface area contributed by atoms with Crippen LogP contribution in [0.2, 0.25) is 0 Å². The zero-order valence-electron chi connectivity index (χ0n) is 14.8. The van der Waals surface area contributed by atoms with Crippen molar-refractivity contribution in [2.45, 2.75) is 25.7 Å². The fourth-order valence-electron chi connectivity index (χ4n) is 2.87. The first-order chi connectivity index (χ1) is 13.6. The van der Waals surface area contributed by atoms with E-state index in [1.807, 2.05) is 0 Å². The fraction of sp³-hybridized carbons (Fsp3) is 0.294. The lowest BCUT2D eigenvalue weighted by Gasteiger charge is -2.30. The van der Waals surface area contributed by atoms with Crippen LogP contribution < -0.4 is 10.6 Å². The Morgan fingerprint density at radius 1 is 1.34 bits per heavy atom. The first-order valence-corrected chi connectivity index (χ1v) is 8.27. The van der Waals surface area contributed by atoms with Crippen LogP contribution in [-0.4, -0.2) is 33.4 Å². The number of pyridine rings is 2. The van der Waals surface area contributed by atoms with Gasteiger partial charge in [0.1, 0.15) is 18.2 Å². The second-order valence-corrected chi connectivity index (χ2v) is 6.28. The highest BCUT2D eigenvalue weighted by molar-refractivity contribution is 5.95. The summed E-state index contributed by atoms with van der Waals surface area (Å²) in [6.07, 6.45) is -3.03. The summed E-state index contributed by atoms with van der Waals surface area (Å²) in [4.78, 5) is 32.1. The van der Waals surface area contributed by atoms with Gasteiger partial charge in [0.25, 0.3) is 0 Å². The van der Waals surface area contributed by atoms with Crippen molar-refractivity contribution in [1.29, 1.82) is 0 Å². The number of anilines is 1. The van der Waals surface area contributed by atoms with E-state index in [2.05, 4.69) is 20.6 Å². The molecule has 0 saturated carbocycles.